The van der Waals surface area contributed by atoms with Gasteiger partial charge < -0.3 is 5.32 Å². The first-order valence-corrected chi connectivity index (χ1v) is 10.8. The summed E-state index contributed by atoms with van der Waals surface area (Å²) >= 11 is 0. The summed E-state index contributed by atoms with van der Waals surface area (Å²) in [5.74, 6) is 0.0458. The van der Waals surface area contributed by atoms with Crippen molar-refractivity contribution in [2.75, 3.05) is 11.3 Å². The summed E-state index contributed by atoms with van der Waals surface area (Å²) < 4.78 is 28.6. The normalized spacial score (nSPS) is 11.4. The average molecular weight is 389 g/mol. The van der Waals surface area contributed by atoms with Crippen LogP contribution in [0.5, 0.6) is 0 Å². The van der Waals surface area contributed by atoms with Gasteiger partial charge in [-0.05, 0) is 48.1 Å². The molecule has 0 radical (unpaired) electrons. The number of carbonyl (C=O) groups is 1. The second-order valence-corrected chi connectivity index (χ2v) is 8.58. The molecule has 2 aromatic carbocycles. The summed E-state index contributed by atoms with van der Waals surface area (Å²) in [6.45, 7) is 8.53. The second-order valence-electron chi connectivity index (χ2n) is 6.90. The molecule has 2 rings (SSSR count). The van der Waals surface area contributed by atoms with Crippen LogP contribution in [0.25, 0.3) is 0 Å². The van der Waals surface area contributed by atoms with E-state index in [1.54, 1.807) is 12.1 Å². The predicted molar refractivity (Wildman–Crippen MR) is 110 cm³/mol. The standard InChI is InChI=1S/C21H28N2O3S/c1-5-16-9-7-10-17(6-2)20(16)23-27(25,26)19-12-8-11-18(13-19)21(24)22-14-15(3)4/h7-13,15,23H,5-6,14H2,1-4H3,(H,22,24). The van der Waals surface area contributed by atoms with Gasteiger partial charge in [0.1, 0.15) is 0 Å². The van der Waals surface area contributed by atoms with E-state index in [-0.39, 0.29) is 10.8 Å². The van der Waals surface area contributed by atoms with Gasteiger partial charge in [-0.3, -0.25) is 9.52 Å². The SMILES string of the molecule is CCc1cccc(CC)c1NS(=O)(=O)c1cccc(C(=O)NCC(C)C)c1. The van der Waals surface area contributed by atoms with Crippen molar-refractivity contribution in [2.24, 2.45) is 5.92 Å². The van der Waals surface area contributed by atoms with Crippen LogP contribution in [0.1, 0.15) is 49.2 Å². The third kappa shape index (κ3) is 5.32. The number of benzene rings is 2. The smallest absolute Gasteiger partial charge is 0.261 e. The van der Waals surface area contributed by atoms with E-state index in [0.29, 0.717) is 23.7 Å². The second kappa shape index (κ2) is 9.04. The van der Waals surface area contributed by atoms with Crippen LogP contribution in [-0.4, -0.2) is 20.9 Å². The molecule has 0 saturated heterocycles. The van der Waals surface area contributed by atoms with Crippen molar-refractivity contribution in [1.82, 2.24) is 5.32 Å². The lowest BCUT2D eigenvalue weighted by Gasteiger charge is -2.16. The number of nitrogens with one attached hydrogen (secondary N) is 2. The molecule has 0 aliphatic heterocycles. The fourth-order valence-electron chi connectivity index (χ4n) is 2.77. The van der Waals surface area contributed by atoms with Crippen molar-refractivity contribution in [1.29, 1.82) is 0 Å². The van der Waals surface area contributed by atoms with Crippen LogP contribution in [-0.2, 0) is 22.9 Å². The Kier molecular flexibility index (Phi) is 7.02. The highest BCUT2D eigenvalue weighted by molar-refractivity contribution is 7.92. The molecule has 0 saturated carbocycles. The third-order valence-electron chi connectivity index (χ3n) is 4.31. The van der Waals surface area contributed by atoms with Crippen molar-refractivity contribution >= 4 is 21.6 Å². The first kappa shape index (κ1) is 21.0. The molecule has 6 heteroatoms. The van der Waals surface area contributed by atoms with E-state index in [9.17, 15) is 13.2 Å². The van der Waals surface area contributed by atoms with Crippen LogP contribution in [0.15, 0.2) is 47.4 Å². The molecule has 0 aliphatic rings. The van der Waals surface area contributed by atoms with Gasteiger partial charge in [0.05, 0.1) is 10.6 Å². The largest absolute Gasteiger partial charge is 0.352 e. The van der Waals surface area contributed by atoms with Crippen molar-refractivity contribution in [3.63, 3.8) is 0 Å². The van der Waals surface area contributed by atoms with E-state index in [4.69, 9.17) is 0 Å². The Hall–Kier alpha value is -2.34. The highest BCUT2D eigenvalue weighted by atomic mass is 32.2. The molecular formula is C21H28N2O3S. The van der Waals surface area contributed by atoms with E-state index >= 15 is 0 Å². The van der Waals surface area contributed by atoms with E-state index in [1.807, 2.05) is 45.9 Å². The number of para-hydroxylation sites is 1. The third-order valence-corrected chi connectivity index (χ3v) is 5.66. The summed E-state index contributed by atoms with van der Waals surface area (Å²) in [6.07, 6.45) is 1.45. The van der Waals surface area contributed by atoms with Crippen LogP contribution >= 0.6 is 0 Å². The van der Waals surface area contributed by atoms with Crippen LogP contribution in [0, 0.1) is 5.92 Å². The van der Waals surface area contributed by atoms with Gasteiger partial charge in [-0.15, -0.1) is 0 Å². The Bertz CT molecular complexity index is 883. The molecule has 27 heavy (non-hydrogen) atoms. The number of hydrogen-bond donors (Lipinski definition) is 2. The number of rotatable bonds is 8. The van der Waals surface area contributed by atoms with Crippen molar-refractivity contribution in [3.05, 3.63) is 59.2 Å². The van der Waals surface area contributed by atoms with Crippen LogP contribution in [0.3, 0.4) is 0 Å². The zero-order valence-corrected chi connectivity index (χ0v) is 17.2. The Balaban J connectivity index is 2.33. The lowest BCUT2D eigenvalue weighted by atomic mass is 10.0. The molecule has 2 aromatic rings. The molecule has 5 nitrogen and oxygen atoms in total. The van der Waals surface area contributed by atoms with E-state index < -0.39 is 10.0 Å². The molecule has 2 N–H and O–H groups in total. The summed E-state index contributed by atoms with van der Waals surface area (Å²) in [6, 6.07) is 11.9. The zero-order chi connectivity index (χ0) is 20.0. The molecule has 146 valence electrons. The van der Waals surface area contributed by atoms with E-state index in [2.05, 4.69) is 10.0 Å². The lowest BCUT2D eigenvalue weighted by Crippen LogP contribution is -2.27. The van der Waals surface area contributed by atoms with Gasteiger partial charge in [0.15, 0.2) is 0 Å². The lowest BCUT2D eigenvalue weighted by molar-refractivity contribution is 0.0949. The van der Waals surface area contributed by atoms with Gasteiger partial charge in [-0.1, -0.05) is 52.0 Å². The molecule has 0 heterocycles. The van der Waals surface area contributed by atoms with Gasteiger partial charge in [0.2, 0.25) is 0 Å². The summed E-state index contributed by atoms with van der Waals surface area (Å²) in [4.78, 5) is 12.3. The maximum Gasteiger partial charge on any atom is 0.261 e. The van der Waals surface area contributed by atoms with Crippen molar-refractivity contribution in [3.8, 4) is 0 Å². The Morgan fingerprint density at radius 3 is 2.15 bits per heavy atom. The van der Waals surface area contributed by atoms with Gasteiger partial charge >= 0.3 is 0 Å². The van der Waals surface area contributed by atoms with Crippen LogP contribution < -0.4 is 10.0 Å². The molecule has 0 atom stereocenters. The molecule has 0 bridgehead atoms. The zero-order valence-electron chi connectivity index (χ0n) is 16.4. The monoisotopic (exact) mass is 388 g/mol. The van der Waals surface area contributed by atoms with Crippen LogP contribution in [0.4, 0.5) is 5.69 Å². The summed E-state index contributed by atoms with van der Waals surface area (Å²) in [7, 11) is -3.80. The fraction of sp³-hybridized carbons (Fsp3) is 0.381. The predicted octanol–water partition coefficient (Wildman–Crippen LogP) is 4.00. The molecule has 0 aliphatic carbocycles. The first-order valence-electron chi connectivity index (χ1n) is 9.30. The Labute approximate surface area is 162 Å². The minimum atomic E-state index is -3.80. The maximum atomic E-state index is 12.9. The Morgan fingerprint density at radius 2 is 1.59 bits per heavy atom. The summed E-state index contributed by atoms with van der Waals surface area (Å²) in [5.41, 5.74) is 2.86. The minimum Gasteiger partial charge on any atom is -0.352 e. The van der Waals surface area contributed by atoms with E-state index in [1.165, 1.54) is 12.1 Å². The summed E-state index contributed by atoms with van der Waals surface area (Å²) in [5, 5.41) is 2.81. The molecule has 0 fully saturated rings. The van der Waals surface area contributed by atoms with Gasteiger partial charge in [-0.25, -0.2) is 8.42 Å². The molecule has 0 spiro atoms. The Morgan fingerprint density at radius 1 is 1.00 bits per heavy atom. The van der Waals surface area contributed by atoms with Gasteiger partial charge in [0.25, 0.3) is 15.9 Å². The average Bonchev–Trinajstić information content (AvgIpc) is 2.66. The topological polar surface area (TPSA) is 75.3 Å². The first-order chi connectivity index (χ1) is 12.8. The highest BCUT2D eigenvalue weighted by Gasteiger charge is 2.19. The quantitative estimate of drug-likeness (QED) is 0.718. The number of hydrogen-bond acceptors (Lipinski definition) is 3. The van der Waals surface area contributed by atoms with Gasteiger partial charge in [0, 0.05) is 12.1 Å². The molecule has 1 amide bonds. The molecule has 0 aromatic heterocycles. The highest BCUT2D eigenvalue weighted by Crippen LogP contribution is 2.26. The molecular weight excluding hydrogens is 360 g/mol. The van der Waals surface area contributed by atoms with Crippen LogP contribution in [0.2, 0.25) is 0 Å². The number of sulfonamides is 1. The number of aryl methyl sites for hydroxylation is 2. The molecule has 0 unspecified atom stereocenters. The maximum absolute atomic E-state index is 12.9. The number of anilines is 1. The van der Waals surface area contributed by atoms with Crippen molar-refractivity contribution < 1.29 is 13.2 Å². The number of amides is 1. The van der Waals surface area contributed by atoms with E-state index in [0.717, 1.165) is 24.0 Å². The van der Waals surface area contributed by atoms with Gasteiger partial charge in [-0.2, -0.15) is 0 Å². The minimum absolute atomic E-state index is 0.0765. The fourth-order valence-corrected chi connectivity index (χ4v) is 3.96. The number of carbonyl (C=O) groups excluding carboxylic acids is 1. The van der Waals surface area contributed by atoms with Crippen molar-refractivity contribution in [2.45, 2.75) is 45.4 Å².